The Labute approximate surface area is 113 Å². The molecule has 0 bridgehead atoms. The maximum absolute atomic E-state index is 12.3. The summed E-state index contributed by atoms with van der Waals surface area (Å²) in [6.45, 7) is 8.09. The number of aromatic nitrogens is 1. The van der Waals surface area contributed by atoms with E-state index in [2.05, 4.69) is 10.3 Å². The SMILES string of the molecule is CC(C)N(C(=O)Nc1ccc2[nH]ccc2c1)C(C)C. The second-order valence-electron chi connectivity index (χ2n) is 5.30. The first kappa shape index (κ1) is 13.5. The van der Waals surface area contributed by atoms with Crippen molar-refractivity contribution in [3.05, 3.63) is 30.5 Å². The molecular weight excluding hydrogens is 238 g/mol. The van der Waals surface area contributed by atoms with Gasteiger partial charge in [0.25, 0.3) is 0 Å². The quantitative estimate of drug-likeness (QED) is 0.865. The molecule has 19 heavy (non-hydrogen) atoms. The molecule has 102 valence electrons. The van der Waals surface area contributed by atoms with Gasteiger partial charge in [-0.3, -0.25) is 0 Å². The van der Waals surface area contributed by atoms with Gasteiger partial charge >= 0.3 is 6.03 Å². The van der Waals surface area contributed by atoms with Crippen LogP contribution in [-0.2, 0) is 0 Å². The number of carbonyl (C=O) groups is 1. The summed E-state index contributed by atoms with van der Waals surface area (Å²) >= 11 is 0. The Bertz CT molecular complexity index is 564. The molecule has 2 aromatic rings. The van der Waals surface area contributed by atoms with Gasteiger partial charge in [-0.05, 0) is 52.0 Å². The highest BCUT2D eigenvalue weighted by Gasteiger charge is 2.19. The number of nitrogens with zero attached hydrogens (tertiary/aromatic N) is 1. The van der Waals surface area contributed by atoms with Crippen LogP contribution in [0.2, 0.25) is 0 Å². The van der Waals surface area contributed by atoms with Crippen molar-refractivity contribution < 1.29 is 4.79 Å². The molecule has 0 aliphatic heterocycles. The smallest absolute Gasteiger partial charge is 0.322 e. The van der Waals surface area contributed by atoms with Crippen molar-refractivity contribution >= 4 is 22.6 Å². The fourth-order valence-corrected chi connectivity index (χ4v) is 2.38. The van der Waals surface area contributed by atoms with E-state index < -0.39 is 0 Å². The Morgan fingerprint density at radius 3 is 2.47 bits per heavy atom. The first-order valence-corrected chi connectivity index (χ1v) is 6.65. The van der Waals surface area contributed by atoms with Crippen LogP contribution >= 0.6 is 0 Å². The summed E-state index contributed by atoms with van der Waals surface area (Å²) < 4.78 is 0. The molecular formula is C15H21N3O. The number of benzene rings is 1. The molecule has 0 fully saturated rings. The molecule has 0 saturated heterocycles. The number of aromatic amines is 1. The summed E-state index contributed by atoms with van der Waals surface area (Å²) in [6.07, 6.45) is 1.89. The molecule has 0 aliphatic rings. The molecule has 2 N–H and O–H groups in total. The average molecular weight is 259 g/mol. The molecule has 0 spiro atoms. The summed E-state index contributed by atoms with van der Waals surface area (Å²) in [5.41, 5.74) is 1.89. The van der Waals surface area contributed by atoms with Crippen molar-refractivity contribution in [2.45, 2.75) is 39.8 Å². The van der Waals surface area contributed by atoms with Gasteiger partial charge in [-0.2, -0.15) is 0 Å². The summed E-state index contributed by atoms with van der Waals surface area (Å²) in [5.74, 6) is 0. The van der Waals surface area contributed by atoms with Crippen molar-refractivity contribution in [1.29, 1.82) is 0 Å². The van der Waals surface area contributed by atoms with Crippen LogP contribution in [0.5, 0.6) is 0 Å². The topological polar surface area (TPSA) is 48.1 Å². The fraction of sp³-hybridized carbons (Fsp3) is 0.400. The second-order valence-corrected chi connectivity index (χ2v) is 5.30. The van der Waals surface area contributed by atoms with Gasteiger partial charge in [0.05, 0.1) is 0 Å². The maximum Gasteiger partial charge on any atom is 0.322 e. The number of anilines is 1. The number of nitrogens with one attached hydrogen (secondary N) is 2. The van der Waals surface area contributed by atoms with Crippen LogP contribution in [0.15, 0.2) is 30.5 Å². The first-order chi connectivity index (χ1) is 8.99. The zero-order chi connectivity index (χ0) is 14.0. The lowest BCUT2D eigenvalue weighted by atomic mass is 10.2. The van der Waals surface area contributed by atoms with E-state index in [4.69, 9.17) is 0 Å². The van der Waals surface area contributed by atoms with Crippen LogP contribution in [0.3, 0.4) is 0 Å². The van der Waals surface area contributed by atoms with Crippen molar-refractivity contribution in [2.24, 2.45) is 0 Å². The number of rotatable bonds is 3. The van der Waals surface area contributed by atoms with E-state index in [0.29, 0.717) is 0 Å². The Hall–Kier alpha value is -1.97. The Morgan fingerprint density at radius 2 is 1.84 bits per heavy atom. The molecule has 1 aromatic heterocycles. The van der Waals surface area contributed by atoms with E-state index in [1.165, 1.54) is 0 Å². The third-order valence-corrected chi connectivity index (χ3v) is 3.15. The lowest BCUT2D eigenvalue weighted by Gasteiger charge is -2.30. The Morgan fingerprint density at radius 1 is 1.16 bits per heavy atom. The number of H-pyrrole nitrogens is 1. The molecule has 4 nitrogen and oxygen atoms in total. The highest BCUT2D eigenvalue weighted by atomic mass is 16.2. The lowest BCUT2D eigenvalue weighted by Crippen LogP contribution is -2.44. The van der Waals surface area contributed by atoms with Crippen LogP contribution in [0.1, 0.15) is 27.7 Å². The number of hydrogen-bond donors (Lipinski definition) is 2. The zero-order valence-corrected chi connectivity index (χ0v) is 11.9. The average Bonchev–Trinajstić information content (AvgIpc) is 2.74. The molecule has 1 heterocycles. The monoisotopic (exact) mass is 259 g/mol. The minimum Gasteiger partial charge on any atom is -0.361 e. The lowest BCUT2D eigenvalue weighted by molar-refractivity contribution is 0.178. The summed E-state index contributed by atoms with van der Waals surface area (Å²) in [7, 11) is 0. The second kappa shape index (κ2) is 5.34. The van der Waals surface area contributed by atoms with Gasteiger partial charge in [-0.1, -0.05) is 0 Å². The van der Waals surface area contributed by atoms with E-state index in [1.807, 2.05) is 63.1 Å². The van der Waals surface area contributed by atoms with Gasteiger partial charge in [-0.25, -0.2) is 4.79 Å². The van der Waals surface area contributed by atoms with Crippen molar-refractivity contribution in [2.75, 3.05) is 5.32 Å². The van der Waals surface area contributed by atoms with E-state index in [1.54, 1.807) is 0 Å². The molecule has 0 atom stereocenters. The third-order valence-electron chi connectivity index (χ3n) is 3.15. The maximum atomic E-state index is 12.3. The molecule has 0 radical (unpaired) electrons. The summed E-state index contributed by atoms with van der Waals surface area (Å²) in [6, 6.07) is 8.15. The van der Waals surface area contributed by atoms with Crippen molar-refractivity contribution in [3.8, 4) is 0 Å². The van der Waals surface area contributed by atoms with Gasteiger partial charge in [0.1, 0.15) is 0 Å². The minimum absolute atomic E-state index is 0.0557. The Kier molecular flexibility index (Phi) is 3.79. The standard InChI is InChI=1S/C15H21N3O/c1-10(2)18(11(3)4)15(19)17-13-5-6-14-12(9-13)7-8-16-14/h5-11,16H,1-4H3,(H,17,19). The fourth-order valence-electron chi connectivity index (χ4n) is 2.38. The molecule has 2 amide bonds. The Balaban J connectivity index is 2.17. The first-order valence-electron chi connectivity index (χ1n) is 6.65. The number of hydrogen-bond acceptors (Lipinski definition) is 1. The molecule has 0 unspecified atom stereocenters. The number of fused-ring (bicyclic) bond motifs is 1. The largest absolute Gasteiger partial charge is 0.361 e. The zero-order valence-electron chi connectivity index (χ0n) is 11.9. The predicted molar refractivity (Wildman–Crippen MR) is 79.4 cm³/mol. The van der Waals surface area contributed by atoms with Crippen molar-refractivity contribution in [1.82, 2.24) is 9.88 Å². The number of amides is 2. The third kappa shape index (κ3) is 2.89. The molecule has 0 aliphatic carbocycles. The predicted octanol–water partition coefficient (Wildman–Crippen LogP) is 3.82. The van der Waals surface area contributed by atoms with Gasteiger partial charge in [0.2, 0.25) is 0 Å². The van der Waals surface area contributed by atoms with Crippen molar-refractivity contribution in [3.63, 3.8) is 0 Å². The molecule has 1 aromatic carbocycles. The summed E-state index contributed by atoms with van der Waals surface area (Å²) in [5, 5.41) is 4.06. The van der Waals surface area contributed by atoms with Crippen LogP contribution in [0, 0.1) is 0 Å². The van der Waals surface area contributed by atoms with E-state index in [-0.39, 0.29) is 18.1 Å². The normalized spacial score (nSPS) is 11.3. The highest BCUT2D eigenvalue weighted by molar-refractivity contribution is 5.93. The molecule has 2 rings (SSSR count). The minimum atomic E-state index is -0.0557. The van der Waals surface area contributed by atoms with Gasteiger partial charge in [0.15, 0.2) is 0 Å². The van der Waals surface area contributed by atoms with E-state index >= 15 is 0 Å². The van der Waals surface area contributed by atoms with Crippen LogP contribution in [0.25, 0.3) is 10.9 Å². The van der Waals surface area contributed by atoms with Gasteiger partial charge in [0, 0.05) is 34.9 Å². The van der Waals surface area contributed by atoms with E-state index in [9.17, 15) is 4.79 Å². The van der Waals surface area contributed by atoms with E-state index in [0.717, 1.165) is 16.6 Å². The summed E-state index contributed by atoms with van der Waals surface area (Å²) in [4.78, 5) is 17.2. The van der Waals surface area contributed by atoms with Gasteiger partial charge < -0.3 is 15.2 Å². The van der Waals surface area contributed by atoms with Gasteiger partial charge in [-0.15, -0.1) is 0 Å². The molecule has 0 saturated carbocycles. The number of urea groups is 1. The highest BCUT2D eigenvalue weighted by Crippen LogP contribution is 2.18. The van der Waals surface area contributed by atoms with Crippen LogP contribution < -0.4 is 5.32 Å². The number of carbonyl (C=O) groups excluding carboxylic acids is 1. The van der Waals surface area contributed by atoms with Crippen LogP contribution in [0.4, 0.5) is 10.5 Å². The van der Waals surface area contributed by atoms with Crippen LogP contribution in [-0.4, -0.2) is 28.0 Å². The molecule has 4 heteroatoms.